The Hall–Kier alpha value is -1.45. The molecule has 3 aliphatic rings. The zero-order valence-corrected chi connectivity index (χ0v) is 15.0. The van der Waals surface area contributed by atoms with Gasteiger partial charge in [0.25, 0.3) is 5.91 Å². The van der Waals surface area contributed by atoms with Crippen molar-refractivity contribution < 1.29 is 22.5 Å². The number of rotatable bonds is 5. The number of amides is 1. The summed E-state index contributed by atoms with van der Waals surface area (Å²) in [6.07, 6.45) is 5.10. The van der Waals surface area contributed by atoms with E-state index in [1.54, 1.807) is 11.0 Å². The number of carbonyl (C=O) groups excluding carboxylic acids is 1. The molecule has 3 heterocycles. The number of aromatic nitrogens is 1. The van der Waals surface area contributed by atoms with Crippen molar-refractivity contribution in [3.8, 4) is 0 Å². The number of nitrogens with zero attached hydrogens (tertiary/aromatic N) is 2. The van der Waals surface area contributed by atoms with Gasteiger partial charge < -0.3 is 14.2 Å². The average molecular weight is 369 g/mol. The van der Waals surface area contributed by atoms with Crippen molar-refractivity contribution in [2.45, 2.75) is 37.2 Å². The smallest absolute Gasteiger partial charge is 0.276 e. The predicted octanol–water partition coefficient (Wildman–Crippen LogP) is 0.722. The zero-order valence-electron chi connectivity index (χ0n) is 14.2. The highest BCUT2D eigenvalue weighted by molar-refractivity contribution is 7.88. The molecule has 9 heteroatoms. The van der Waals surface area contributed by atoms with E-state index in [9.17, 15) is 13.2 Å². The van der Waals surface area contributed by atoms with Gasteiger partial charge in [-0.25, -0.2) is 13.1 Å². The summed E-state index contributed by atoms with van der Waals surface area (Å²) in [5.74, 6) is 1.33. The normalized spacial score (nSPS) is 25.8. The molecule has 4 rings (SSSR count). The number of hydrogen-bond donors (Lipinski definition) is 1. The molecule has 1 saturated carbocycles. The third-order valence-electron chi connectivity index (χ3n) is 5.24. The summed E-state index contributed by atoms with van der Waals surface area (Å²) in [5, 5.41) is 3.90. The van der Waals surface area contributed by atoms with Crippen molar-refractivity contribution in [1.82, 2.24) is 14.8 Å². The van der Waals surface area contributed by atoms with Crippen LogP contribution in [0.2, 0.25) is 0 Å². The lowest BCUT2D eigenvalue weighted by atomic mass is 9.83. The molecule has 25 heavy (non-hydrogen) atoms. The van der Waals surface area contributed by atoms with E-state index >= 15 is 0 Å². The summed E-state index contributed by atoms with van der Waals surface area (Å²) in [4.78, 5) is 14.2. The molecule has 8 nitrogen and oxygen atoms in total. The number of likely N-dealkylation sites (tertiary alicyclic amines) is 1. The number of carbonyl (C=O) groups is 1. The fraction of sp³-hybridized carbons (Fsp3) is 0.750. The first-order valence-electron chi connectivity index (χ1n) is 8.68. The van der Waals surface area contributed by atoms with E-state index in [0.29, 0.717) is 37.9 Å². The molecule has 1 aromatic heterocycles. The van der Waals surface area contributed by atoms with Gasteiger partial charge in [0.1, 0.15) is 11.4 Å². The Bertz CT molecular complexity index is 754. The van der Waals surface area contributed by atoms with Gasteiger partial charge in [-0.3, -0.25) is 4.79 Å². The van der Waals surface area contributed by atoms with Crippen LogP contribution in [-0.2, 0) is 14.8 Å². The third kappa shape index (κ3) is 3.73. The molecule has 2 saturated heterocycles. The molecule has 0 bridgehead atoms. The lowest BCUT2D eigenvalue weighted by Crippen LogP contribution is -2.66. The van der Waals surface area contributed by atoms with Crippen molar-refractivity contribution in [1.29, 1.82) is 0 Å². The summed E-state index contributed by atoms with van der Waals surface area (Å²) in [6.45, 7) is 2.04. The summed E-state index contributed by atoms with van der Waals surface area (Å²) in [5.41, 5.74) is 0.100. The van der Waals surface area contributed by atoms with Crippen LogP contribution in [0.3, 0.4) is 0 Å². The lowest BCUT2D eigenvalue weighted by molar-refractivity contribution is -0.166. The van der Waals surface area contributed by atoms with Gasteiger partial charge in [-0.15, -0.1) is 0 Å². The topological polar surface area (TPSA) is 102 Å². The van der Waals surface area contributed by atoms with Crippen LogP contribution in [0.1, 0.15) is 47.8 Å². The Morgan fingerprint density at radius 1 is 1.40 bits per heavy atom. The standard InChI is InChI=1S/C16H23N3O5S/c1-25(21,22)17-7-11-4-5-16(23-8-11)9-19(10-16)15(20)13-6-14(24-18-13)12-2-3-12/h6,11-12,17H,2-5,7-10H2,1H3/t11-/m1/s1. The van der Waals surface area contributed by atoms with Crippen LogP contribution in [-0.4, -0.2) is 62.5 Å². The summed E-state index contributed by atoms with van der Waals surface area (Å²) in [7, 11) is -3.17. The first-order chi connectivity index (χ1) is 11.8. The maximum atomic E-state index is 12.5. The van der Waals surface area contributed by atoms with Gasteiger partial charge >= 0.3 is 0 Å². The second kappa shape index (κ2) is 6.07. The van der Waals surface area contributed by atoms with Crippen LogP contribution < -0.4 is 4.72 Å². The Morgan fingerprint density at radius 3 is 2.76 bits per heavy atom. The first-order valence-corrected chi connectivity index (χ1v) is 10.6. The Labute approximate surface area is 146 Å². The van der Waals surface area contributed by atoms with Gasteiger partial charge in [-0.2, -0.15) is 0 Å². The van der Waals surface area contributed by atoms with Gasteiger partial charge in [-0.05, 0) is 31.6 Å². The van der Waals surface area contributed by atoms with E-state index in [1.807, 2.05) is 0 Å². The molecule has 0 unspecified atom stereocenters. The molecule has 1 N–H and O–H groups in total. The number of nitrogens with one attached hydrogen (secondary N) is 1. The molecule has 1 aromatic rings. The third-order valence-corrected chi connectivity index (χ3v) is 5.93. The minimum atomic E-state index is -3.17. The lowest BCUT2D eigenvalue weighted by Gasteiger charge is -2.52. The van der Waals surface area contributed by atoms with Gasteiger partial charge in [0.05, 0.1) is 26.0 Å². The number of hydrogen-bond acceptors (Lipinski definition) is 6. The van der Waals surface area contributed by atoms with Gasteiger partial charge in [0, 0.05) is 18.5 Å². The molecule has 1 atom stereocenters. The molecule has 2 aliphatic heterocycles. The number of ether oxygens (including phenoxy) is 1. The Morgan fingerprint density at radius 2 is 2.16 bits per heavy atom. The molecular weight excluding hydrogens is 346 g/mol. The van der Waals surface area contributed by atoms with E-state index < -0.39 is 10.0 Å². The summed E-state index contributed by atoms with van der Waals surface area (Å²) in [6, 6.07) is 1.76. The Kier molecular flexibility index (Phi) is 4.12. The largest absolute Gasteiger partial charge is 0.371 e. The predicted molar refractivity (Wildman–Crippen MR) is 88.6 cm³/mol. The monoisotopic (exact) mass is 369 g/mol. The van der Waals surface area contributed by atoms with E-state index in [0.717, 1.165) is 37.7 Å². The second-order valence-corrected chi connectivity index (χ2v) is 9.40. The maximum Gasteiger partial charge on any atom is 0.276 e. The van der Waals surface area contributed by atoms with Crippen molar-refractivity contribution in [3.63, 3.8) is 0 Å². The molecular formula is C16H23N3O5S. The molecule has 1 spiro atoms. The van der Waals surface area contributed by atoms with Crippen molar-refractivity contribution >= 4 is 15.9 Å². The zero-order chi connectivity index (χ0) is 17.7. The molecule has 1 aliphatic carbocycles. The first kappa shape index (κ1) is 17.0. The Balaban J connectivity index is 1.26. The van der Waals surface area contributed by atoms with Crippen LogP contribution >= 0.6 is 0 Å². The van der Waals surface area contributed by atoms with Crippen LogP contribution in [0.5, 0.6) is 0 Å². The SMILES string of the molecule is CS(=O)(=O)NC[C@H]1CCC2(CN(C(=O)c3cc(C4CC4)on3)C2)OC1. The minimum absolute atomic E-state index is 0.106. The van der Waals surface area contributed by atoms with Gasteiger partial charge in [0.15, 0.2) is 5.69 Å². The number of sulfonamides is 1. The van der Waals surface area contributed by atoms with Crippen LogP contribution in [0.4, 0.5) is 0 Å². The summed E-state index contributed by atoms with van der Waals surface area (Å²) >= 11 is 0. The molecule has 3 fully saturated rings. The fourth-order valence-electron chi connectivity index (χ4n) is 3.50. The van der Waals surface area contributed by atoms with E-state index in [2.05, 4.69) is 9.88 Å². The van der Waals surface area contributed by atoms with Crippen molar-refractivity contribution in [2.24, 2.45) is 5.92 Å². The molecule has 1 amide bonds. The van der Waals surface area contributed by atoms with Crippen LogP contribution in [0, 0.1) is 5.92 Å². The van der Waals surface area contributed by atoms with E-state index in [-0.39, 0.29) is 17.4 Å². The van der Waals surface area contributed by atoms with Gasteiger partial charge in [-0.1, -0.05) is 5.16 Å². The highest BCUT2D eigenvalue weighted by Crippen LogP contribution is 2.41. The fourth-order valence-corrected chi connectivity index (χ4v) is 4.04. The van der Waals surface area contributed by atoms with Crippen molar-refractivity contribution in [3.05, 3.63) is 17.5 Å². The van der Waals surface area contributed by atoms with Crippen molar-refractivity contribution in [2.75, 3.05) is 32.5 Å². The van der Waals surface area contributed by atoms with Gasteiger partial charge in [0.2, 0.25) is 10.0 Å². The quantitative estimate of drug-likeness (QED) is 0.821. The molecule has 0 aromatic carbocycles. The van der Waals surface area contributed by atoms with Crippen LogP contribution in [0.25, 0.3) is 0 Å². The molecule has 0 radical (unpaired) electrons. The summed E-state index contributed by atoms with van der Waals surface area (Å²) < 4.78 is 36.1. The maximum absolute atomic E-state index is 12.5. The second-order valence-electron chi connectivity index (χ2n) is 7.57. The minimum Gasteiger partial charge on any atom is -0.371 e. The highest BCUT2D eigenvalue weighted by Gasteiger charge is 2.49. The highest BCUT2D eigenvalue weighted by atomic mass is 32.2. The average Bonchev–Trinajstić information content (AvgIpc) is 3.27. The molecule has 138 valence electrons. The van der Waals surface area contributed by atoms with Crippen LogP contribution in [0.15, 0.2) is 10.6 Å². The van der Waals surface area contributed by atoms with E-state index in [1.165, 1.54) is 0 Å². The van der Waals surface area contributed by atoms with E-state index in [4.69, 9.17) is 9.26 Å².